The number of hydrogen-bond acceptors (Lipinski definition) is 4. The third-order valence-corrected chi connectivity index (χ3v) is 2.92. The molecule has 2 aromatic rings. The molecule has 19 heavy (non-hydrogen) atoms. The third kappa shape index (κ3) is 3.28. The quantitative estimate of drug-likeness (QED) is 0.896. The van der Waals surface area contributed by atoms with Gasteiger partial charge < -0.3 is 10.6 Å². The first kappa shape index (κ1) is 13.0. The first-order valence-corrected chi connectivity index (χ1v) is 6.02. The zero-order valence-corrected chi connectivity index (χ0v) is 10.8. The minimum Gasteiger partial charge on any atom is -0.398 e. The summed E-state index contributed by atoms with van der Waals surface area (Å²) in [5, 5.41) is 0. The SMILES string of the molecule is CN(CCc1ccncc1)C(=O)c1cnccc1N. The number of likely N-dealkylation sites (N-methyl/N-ethyl adjacent to an activating group) is 1. The molecule has 5 heteroatoms. The molecule has 0 aliphatic carbocycles. The molecule has 2 heterocycles. The highest BCUT2D eigenvalue weighted by Gasteiger charge is 2.14. The van der Waals surface area contributed by atoms with Crippen LogP contribution in [0.5, 0.6) is 0 Å². The van der Waals surface area contributed by atoms with E-state index in [1.54, 1.807) is 36.6 Å². The molecule has 0 bridgehead atoms. The monoisotopic (exact) mass is 256 g/mol. The van der Waals surface area contributed by atoms with Gasteiger partial charge in [0, 0.05) is 44.1 Å². The van der Waals surface area contributed by atoms with Crippen LogP contribution in [-0.4, -0.2) is 34.4 Å². The number of amides is 1. The van der Waals surface area contributed by atoms with Gasteiger partial charge in [-0.1, -0.05) is 0 Å². The molecular weight excluding hydrogens is 240 g/mol. The Morgan fingerprint density at radius 3 is 2.58 bits per heavy atom. The summed E-state index contributed by atoms with van der Waals surface area (Å²) >= 11 is 0. The van der Waals surface area contributed by atoms with E-state index in [-0.39, 0.29) is 5.91 Å². The van der Waals surface area contributed by atoms with Crippen LogP contribution in [0, 0.1) is 0 Å². The fourth-order valence-corrected chi connectivity index (χ4v) is 1.74. The molecule has 2 rings (SSSR count). The minimum absolute atomic E-state index is 0.111. The number of nitrogen functional groups attached to an aromatic ring is 1. The van der Waals surface area contributed by atoms with Crippen molar-refractivity contribution in [2.24, 2.45) is 0 Å². The predicted octanol–water partition coefficient (Wildman–Crippen LogP) is 1.37. The van der Waals surface area contributed by atoms with E-state index in [9.17, 15) is 4.79 Å². The third-order valence-electron chi connectivity index (χ3n) is 2.92. The van der Waals surface area contributed by atoms with Crippen molar-refractivity contribution in [3.8, 4) is 0 Å². The Bertz CT molecular complexity index is 556. The molecule has 0 fully saturated rings. The summed E-state index contributed by atoms with van der Waals surface area (Å²) in [4.78, 5) is 21.7. The van der Waals surface area contributed by atoms with Crippen molar-refractivity contribution in [1.29, 1.82) is 0 Å². The number of pyridine rings is 2. The summed E-state index contributed by atoms with van der Waals surface area (Å²) in [6.45, 7) is 0.622. The molecule has 2 N–H and O–H groups in total. The van der Waals surface area contributed by atoms with Crippen LogP contribution in [0.1, 0.15) is 15.9 Å². The Morgan fingerprint density at radius 2 is 1.89 bits per heavy atom. The van der Waals surface area contributed by atoms with Crippen LogP contribution in [0.25, 0.3) is 0 Å². The van der Waals surface area contributed by atoms with Crippen molar-refractivity contribution in [2.45, 2.75) is 6.42 Å². The standard InChI is InChI=1S/C14H16N4O/c1-18(9-5-11-2-6-16-7-3-11)14(19)12-10-17-8-4-13(12)15/h2-4,6-8,10H,5,9H2,1H3,(H2,15,17). The summed E-state index contributed by atoms with van der Waals surface area (Å²) in [7, 11) is 1.76. The number of nitrogens with two attached hydrogens (primary N) is 1. The lowest BCUT2D eigenvalue weighted by atomic mass is 10.1. The predicted molar refractivity (Wildman–Crippen MR) is 73.6 cm³/mol. The number of aromatic nitrogens is 2. The molecule has 0 unspecified atom stereocenters. The van der Waals surface area contributed by atoms with Crippen LogP contribution >= 0.6 is 0 Å². The second-order valence-corrected chi connectivity index (χ2v) is 4.30. The first-order chi connectivity index (χ1) is 9.18. The van der Waals surface area contributed by atoms with E-state index in [1.807, 2.05) is 12.1 Å². The average Bonchev–Trinajstić information content (AvgIpc) is 2.45. The fourth-order valence-electron chi connectivity index (χ4n) is 1.74. The number of hydrogen-bond donors (Lipinski definition) is 1. The molecule has 0 aliphatic rings. The van der Waals surface area contributed by atoms with Gasteiger partial charge in [0.05, 0.1) is 5.56 Å². The number of anilines is 1. The van der Waals surface area contributed by atoms with Gasteiger partial charge in [-0.25, -0.2) is 0 Å². The van der Waals surface area contributed by atoms with Crippen molar-refractivity contribution in [2.75, 3.05) is 19.3 Å². The topological polar surface area (TPSA) is 72.1 Å². The molecule has 5 nitrogen and oxygen atoms in total. The summed E-state index contributed by atoms with van der Waals surface area (Å²) in [6.07, 6.45) is 7.35. The summed E-state index contributed by atoms with van der Waals surface area (Å²) in [5.41, 5.74) is 7.82. The Kier molecular flexibility index (Phi) is 4.07. The van der Waals surface area contributed by atoms with Crippen molar-refractivity contribution >= 4 is 11.6 Å². The van der Waals surface area contributed by atoms with Crippen LogP contribution < -0.4 is 5.73 Å². The van der Waals surface area contributed by atoms with Gasteiger partial charge in [0.1, 0.15) is 0 Å². The summed E-state index contributed by atoms with van der Waals surface area (Å²) in [6, 6.07) is 5.51. The van der Waals surface area contributed by atoms with E-state index < -0.39 is 0 Å². The van der Waals surface area contributed by atoms with Crippen LogP contribution in [0.2, 0.25) is 0 Å². The lowest BCUT2D eigenvalue weighted by Crippen LogP contribution is -2.29. The van der Waals surface area contributed by atoms with Gasteiger partial charge in [0.15, 0.2) is 0 Å². The number of carbonyl (C=O) groups is 1. The largest absolute Gasteiger partial charge is 0.398 e. The minimum atomic E-state index is -0.111. The molecule has 0 spiro atoms. The molecule has 0 atom stereocenters. The highest BCUT2D eigenvalue weighted by molar-refractivity contribution is 5.98. The maximum Gasteiger partial charge on any atom is 0.257 e. The van der Waals surface area contributed by atoms with Crippen molar-refractivity contribution in [1.82, 2.24) is 14.9 Å². The van der Waals surface area contributed by atoms with E-state index in [1.165, 1.54) is 6.20 Å². The number of carbonyl (C=O) groups excluding carboxylic acids is 1. The Labute approximate surface area is 112 Å². The molecule has 2 aromatic heterocycles. The van der Waals surface area contributed by atoms with Crippen LogP contribution in [0.15, 0.2) is 43.0 Å². The second-order valence-electron chi connectivity index (χ2n) is 4.30. The first-order valence-electron chi connectivity index (χ1n) is 6.02. The summed E-state index contributed by atoms with van der Waals surface area (Å²) < 4.78 is 0. The number of rotatable bonds is 4. The van der Waals surface area contributed by atoms with E-state index in [0.717, 1.165) is 12.0 Å². The Morgan fingerprint density at radius 1 is 1.21 bits per heavy atom. The van der Waals surface area contributed by atoms with E-state index in [4.69, 9.17) is 5.73 Å². The zero-order chi connectivity index (χ0) is 13.7. The van der Waals surface area contributed by atoms with Crippen molar-refractivity contribution in [3.05, 3.63) is 54.1 Å². The molecule has 0 saturated heterocycles. The lowest BCUT2D eigenvalue weighted by molar-refractivity contribution is 0.0797. The van der Waals surface area contributed by atoms with E-state index in [2.05, 4.69) is 9.97 Å². The lowest BCUT2D eigenvalue weighted by Gasteiger charge is -2.17. The van der Waals surface area contributed by atoms with Gasteiger partial charge in [-0.3, -0.25) is 14.8 Å². The number of nitrogens with zero attached hydrogens (tertiary/aromatic N) is 3. The molecule has 98 valence electrons. The molecule has 1 amide bonds. The smallest absolute Gasteiger partial charge is 0.257 e. The summed E-state index contributed by atoms with van der Waals surface area (Å²) in [5.74, 6) is -0.111. The van der Waals surface area contributed by atoms with Crippen LogP contribution in [0.4, 0.5) is 5.69 Å². The molecule has 0 aliphatic heterocycles. The van der Waals surface area contributed by atoms with Crippen molar-refractivity contribution in [3.63, 3.8) is 0 Å². The van der Waals surface area contributed by atoms with Gasteiger partial charge in [-0.05, 0) is 30.2 Å². The fraction of sp³-hybridized carbons (Fsp3) is 0.214. The van der Waals surface area contributed by atoms with E-state index in [0.29, 0.717) is 17.8 Å². The average molecular weight is 256 g/mol. The van der Waals surface area contributed by atoms with E-state index >= 15 is 0 Å². The second kappa shape index (κ2) is 5.95. The zero-order valence-electron chi connectivity index (χ0n) is 10.8. The van der Waals surface area contributed by atoms with Crippen molar-refractivity contribution < 1.29 is 4.79 Å². The molecular formula is C14H16N4O. The maximum atomic E-state index is 12.2. The van der Waals surface area contributed by atoms with Gasteiger partial charge in [0.2, 0.25) is 0 Å². The van der Waals surface area contributed by atoms with Crippen LogP contribution in [0.3, 0.4) is 0 Å². The van der Waals surface area contributed by atoms with Crippen LogP contribution in [-0.2, 0) is 6.42 Å². The van der Waals surface area contributed by atoms with Gasteiger partial charge in [0.25, 0.3) is 5.91 Å². The highest BCUT2D eigenvalue weighted by atomic mass is 16.2. The van der Waals surface area contributed by atoms with Gasteiger partial charge >= 0.3 is 0 Å². The highest BCUT2D eigenvalue weighted by Crippen LogP contribution is 2.11. The molecule has 0 aromatic carbocycles. The Hall–Kier alpha value is -2.43. The van der Waals surface area contributed by atoms with Gasteiger partial charge in [-0.2, -0.15) is 0 Å². The molecule has 0 saturated carbocycles. The Balaban J connectivity index is 1.99. The van der Waals surface area contributed by atoms with Gasteiger partial charge in [-0.15, -0.1) is 0 Å². The normalized spacial score (nSPS) is 10.2. The molecule has 0 radical (unpaired) electrons. The maximum absolute atomic E-state index is 12.2.